The summed E-state index contributed by atoms with van der Waals surface area (Å²) >= 11 is 0. The van der Waals surface area contributed by atoms with Gasteiger partial charge < -0.3 is 9.63 Å². The van der Waals surface area contributed by atoms with Crippen molar-refractivity contribution in [1.82, 2.24) is 10.1 Å². The molecule has 0 spiro atoms. The SMILES string of the molecule is CCCCc1noc(-c2c(O)cccc2F)n1. The minimum Gasteiger partial charge on any atom is -0.507 e. The lowest BCUT2D eigenvalue weighted by Gasteiger charge is -1.99. The summed E-state index contributed by atoms with van der Waals surface area (Å²) in [7, 11) is 0. The zero-order valence-corrected chi connectivity index (χ0v) is 9.48. The van der Waals surface area contributed by atoms with Crippen molar-refractivity contribution in [3.8, 4) is 17.2 Å². The monoisotopic (exact) mass is 236 g/mol. The van der Waals surface area contributed by atoms with Gasteiger partial charge >= 0.3 is 0 Å². The highest BCUT2D eigenvalue weighted by Gasteiger charge is 2.17. The molecule has 4 nitrogen and oxygen atoms in total. The number of aromatic hydroxyl groups is 1. The third kappa shape index (κ3) is 2.43. The first kappa shape index (κ1) is 11.6. The molecule has 1 aromatic heterocycles. The van der Waals surface area contributed by atoms with E-state index in [4.69, 9.17) is 4.52 Å². The fourth-order valence-electron chi connectivity index (χ4n) is 1.52. The zero-order valence-electron chi connectivity index (χ0n) is 9.48. The van der Waals surface area contributed by atoms with Crippen LogP contribution in [0.15, 0.2) is 22.7 Å². The molecule has 0 aliphatic heterocycles. The van der Waals surface area contributed by atoms with E-state index in [-0.39, 0.29) is 17.2 Å². The van der Waals surface area contributed by atoms with E-state index in [1.807, 2.05) is 0 Å². The maximum atomic E-state index is 13.5. The number of hydrogen-bond donors (Lipinski definition) is 1. The Bertz CT molecular complexity index is 491. The van der Waals surface area contributed by atoms with Gasteiger partial charge in [0.15, 0.2) is 5.82 Å². The van der Waals surface area contributed by atoms with Crippen LogP contribution in [0.4, 0.5) is 4.39 Å². The van der Waals surface area contributed by atoms with Gasteiger partial charge in [-0.3, -0.25) is 0 Å². The lowest BCUT2D eigenvalue weighted by Crippen LogP contribution is -1.88. The number of phenolic OH excluding ortho intramolecular Hbond substituents is 1. The van der Waals surface area contributed by atoms with Crippen LogP contribution in [-0.2, 0) is 6.42 Å². The van der Waals surface area contributed by atoms with Crippen molar-refractivity contribution < 1.29 is 14.0 Å². The van der Waals surface area contributed by atoms with Crippen LogP contribution in [0.1, 0.15) is 25.6 Å². The molecule has 0 atom stereocenters. The summed E-state index contributed by atoms with van der Waals surface area (Å²) in [6.45, 7) is 2.06. The van der Waals surface area contributed by atoms with E-state index >= 15 is 0 Å². The Morgan fingerprint density at radius 1 is 1.41 bits per heavy atom. The number of aryl methyl sites for hydroxylation is 1. The van der Waals surface area contributed by atoms with E-state index < -0.39 is 5.82 Å². The van der Waals surface area contributed by atoms with Gasteiger partial charge in [-0.2, -0.15) is 4.98 Å². The third-order valence-corrected chi connectivity index (χ3v) is 2.43. The first-order valence-corrected chi connectivity index (χ1v) is 5.52. The molecule has 2 aromatic rings. The second-order valence-electron chi connectivity index (χ2n) is 3.75. The Morgan fingerprint density at radius 2 is 2.24 bits per heavy atom. The zero-order chi connectivity index (χ0) is 12.3. The number of halogens is 1. The summed E-state index contributed by atoms with van der Waals surface area (Å²) in [4.78, 5) is 4.06. The number of hydrogen-bond acceptors (Lipinski definition) is 4. The summed E-state index contributed by atoms with van der Waals surface area (Å²) < 4.78 is 18.5. The van der Waals surface area contributed by atoms with Crippen LogP contribution < -0.4 is 0 Å². The van der Waals surface area contributed by atoms with Gasteiger partial charge in [0.25, 0.3) is 5.89 Å². The predicted octanol–water partition coefficient (Wildman–Crippen LogP) is 2.92. The number of nitrogens with zero attached hydrogens (tertiary/aromatic N) is 2. The van der Waals surface area contributed by atoms with E-state index in [9.17, 15) is 9.50 Å². The smallest absolute Gasteiger partial charge is 0.264 e. The van der Waals surface area contributed by atoms with E-state index in [2.05, 4.69) is 17.1 Å². The Balaban J connectivity index is 2.30. The summed E-state index contributed by atoms with van der Waals surface area (Å²) in [5.41, 5.74) is -0.0391. The van der Waals surface area contributed by atoms with Gasteiger partial charge in [-0.1, -0.05) is 24.6 Å². The van der Waals surface area contributed by atoms with Crippen LogP contribution in [0.3, 0.4) is 0 Å². The molecule has 17 heavy (non-hydrogen) atoms. The van der Waals surface area contributed by atoms with E-state index in [0.29, 0.717) is 12.2 Å². The molecule has 2 rings (SSSR count). The molecule has 0 radical (unpaired) electrons. The highest BCUT2D eigenvalue weighted by atomic mass is 19.1. The maximum Gasteiger partial charge on any atom is 0.264 e. The van der Waals surface area contributed by atoms with Crippen molar-refractivity contribution >= 4 is 0 Å². The Labute approximate surface area is 98.1 Å². The molecule has 0 bridgehead atoms. The molecule has 5 heteroatoms. The normalized spacial score (nSPS) is 10.7. The lowest BCUT2D eigenvalue weighted by molar-refractivity contribution is 0.413. The fraction of sp³-hybridized carbons (Fsp3) is 0.333. The second-order valence-corrected chi connectivity index (χ2v) is 3.75. The molecule has 0 aliphatic rings. The van der Waals surface area contributed by atoms with Gasteiger partial charge in [0, 0.05) is 6.42 Å². The molecule has 1 aromatic carbocycles. The average molecular weight is 236 g/mol. The van der Waals surface area contributed by atoms with Crippen molar-refractivity contribution in [2.75, 3.05) is 0 Å². The van der Waals surface area contributed by atoms with Crippen molar-refractivity contribution in [3.05, 3.63) is 29.8 Å². The van der Waals surface area contributed by atoms with Crippen molar-refractivity contribution in [2.45, 2.75) is 26.2 Å². The molecular weight excluding hydrogens is 223 g/mol. The third-order valence-electron chi connectivity index (χ3n) is 2.43. The number of phenols is 1. The summed E-state index contributed by atoms with van der Waals surface area (Å²) in [6, 6.07) is 4.04. The van der Waals surface area contributed by atoms with Crippen LogP contribution in [0, 0.1) is 5.82 Å². The molecule has 0 amide bonds. The topological polar surface area (TPSA) is 59.2 Å². The van der Waals surface area contributed by atoms with Crippen molar-refractivity contribution in [3.63, 3.8) is 0 Å². The highest BCUT2D eigenvalue weighted by molar-refractivity contribution is 5.62. The van der Waals surface area contributed by atoms with E-state index in [0.717, 1.165) is 12.8 Å². The fourth-order valence-corrected chi connectivity index (χ4v) is 1.52. The molecular formula is C12H13FN2O2. The number of rotatable bonds is 4. The van der Waals surface area contributed by atoms with Gasteiger partial charge in [-0.25, -0.2) is 4.39 Å². The van der Waals surface area contributed by atoms with Crippen LogP contribution in [-0.4, -0.2) is 15.2 Å². The van der Waals surface area contributed by atoms with Gasteiger partial charge in [-0.05, 0) is 18.6 Å². The van der Waals surface area contributed by atoms with Crippen LogP contribution >= 0.6 is 0 Å². The molecule has 1 heterocycles. The quantitative estimate of drug-likeness (QED) is 0.886. The van der Waals surface area contributed by atoms with E-state index in [1.54, 1.807) is 0 Å². The first-order chi connectivity index (χ1) is 8.22. The number of unbranched alkanes of at least 4 members (excludes halogenated alkanes) is 1. The summed E-state index contributed by atoms with van der Waals surface area (Å²) in [5.74, 6) is -0.220. The van der Waals surface area contributed by atoms with Crippen LogP contribution in [0.25, 0.3) is 11.5 Å². The van der Waals surface area contributed by atoms with Gasteiger partial charge in [0.1, 0.15) is 17.1 Å². The Morgan fingerprint density at radius 3 is 2.94 bits per heavy atom. The number of aromatic nitrogens is 2. The van der Waals surface area contributed by atoms with Crippen LogP contribution in [0.2, 0.25) is 0 Å². The molecule has 90 valence electrons. The highest BCUT2D eigenvalue weighted by Crippen LogP contribution is 2.30. The minimum absolute atomic E-state index is 0.0201. The predicted molar refractivity (Wildman–Crippen MR) is 60.0 cm³/mol. The molecule has 0 saturated carbocycles. The van der Waals surface area contributed by atoms with Gasteiger partial charge in [-0.15, -0.1) is 0 Å². The summed E-state index contributed by atoms with van der Waals surface area (Å²) in [6.07, 6.45) is 2.66. The van der Waals surface area contributed by atoms with E-state index in [1.165, 1.54) is 18.2 Å². The Kier molecular flexibility index (Phi) is 3.37. The molecule has 1 N–H and O–H groups in total. The molecule has 0 fully saturated rings. The molecule has 0 aliphatic carbocycles. The van der Waals surface area contributed by atoms with Crippen molar-refractivity contribution in [2.24, 2.45) is 0 Å². The number of benzene rings is 1. The summed E-state index contributed by atoms with van der Waals surface area (Å²) in [5, 5.41) is 13.3. The first-order valence-electron chi connectivity index (χ1n) is 5.52. The van der Waals surface area contributed by atoms with Crippen LogP contribution in [0.5, 0.6) is 5.75 Å². The second kappa shape index (κ2) is 4.95. The largest absolute Gasteiger partial charge is 0.507 e. The lowest BCUT2D eigenvalue weighted by atomic mass is 10.2. The minimum atomic E-state index is -0.573. The molecule has 0 unspecified atom stereocenters. The molecule has 0 saturated heterocycles. The van der Waals surface area contributed by atoms with Crippen molar-refractivity contribution in [1.29, 1.82) is 0 Å². The van der Waals surface area contributed by atoms with Gasteiger partial charge in [0.05, 0.1) is 0 Å². The standard InChI is InChI=1S/C12H13FN2O2/c1-2-3-7-10-14-12(17-15-10)11-8(13)5-4-6-9(11)16/h4-6,16H,2-3,7H2,1H3. The Hall–Kier alpha value is -1.91. The maximum absolute atomic E-state index is 13.5. The van der Waals surface area contributed by atoms with Gasteiger partial charge in [0.2, 0.25) is 0 Å². The average Bonchev–Trinajstić information content (AvgIpc) is 2.75.